The molecule has 1 heterocycles. The molecule has 1 saturated heterocycles. The van der Waals surface area contributed by atoms with E-state index in [4.69, 9.17) is 10.5 Å². The molecular weight excluding hydrogens is 277 g/mol. The van der Waals surface area contributed by atoms with Crippen LogP contribution in [0.1, 0.15) is 18.1 Å². The minimum atomic E-state index is -0.842. The summed E-state index contributed by atoms with van der Waals surface area (Å²) in [5.41, 5.74) is 5.78. The molecule has 1 fully saturated rings. The van der Waals surface area contributed by atoms with E-state index in [0.29, 0.717) is 26.2 Å². The summed E-state index contributed by atoms with van der Waals surface area (Å²) in [4.78, 5) is 24.0. The van der Waals surface area contributed by atoms with E-state index in [9.17, 15) is 14.0 Å². The average molecular weight is 295 g/mol. The van der Waals surface area contributed by atoms with Crippen LogP contribution in [0.25, 0.3) is 0 Å². The molecule has 2 rings (SSSR count). The van der Waals surface area contributed by atoms with Gasteiger partial charge in [0.1, 0.15) is 5.82 Å². The van der Waals surface area contributed by atoms with E-state index >= 15 is 0 Å². The van der Waals surface area contributed by atoms with Crippen molar-refractivity contribution in [1.82, 2.24) is 10.2 Å². The first kappa shape index (κ1) is 15.4. The van der Waals surface area contributed by atoms with Crippen LogP contribution in [-0.4, -0.2) is 43.1 Å². The highest BCUT2D eigenvalue weighted by molar-refractivity contribution is 5.93. The van der Waals surface area contributed by atoms with E-state index in [1.165, 1.54) is 12.1 Å². The SMILES string of the molecule is NC(=O)NC(=O)CCN1CCO[C@@H](c2ccc(F)cc2)C1. The topological polar surface area (TPSA) is 84.7 Å². The molecule has 0 spiro atoms. The van der Waals surface area contributed by atoms with Crippen molar-refractivity contribution < 1.29 is 18.7 Å². The molecule has 1 aromatic rings. The van der Waals surface area contributed by atoms with Gasteiger partial charge in [0.2, 0.25) is 5.91 Å². The van der Waals surface area contributed by atoms with Gasteiger partial charge >= 0.3 is 6.03 Å². The van der Waals surface area contributed by atoms with E-state index in [2.05, 4.69) is 4.90 Å². The Bertz CT molecular complexity index is 507. The van der Waals surface area contributed by atoms with Crippen molar-refractivity contribution >= 4 is 11.9 Å². The summed E-state index contributed by atoms with van der Waals surface area (Å²) in [6.45, 7) is 2.39. The van der Waals surface area contributed by atoms with E-state index in [1.807, 2.05) is 5.32 Å². The van der Waals surface area contributed by atoms with Crippen LogP contribution in [0.4, 0.5) is 9.18 Å². The quantitative estimate of drug-likeness (QED) is 0.860. The lowest BCUT2D eigenvalue weighted by Gasteiger charge is -2.33. The molecule has 0 saturated carbocycles. The van der Waals surface area contributed by atoms with Gasteiger partial charge in [-0.25, -0.2) is 9.18 Å². The summed E-state index contributed by atoms with van der Waals surface area (Å²) in [6.07, 6.45) is 0.0533. The number of nitrogens with one attached hydrogen (secondary N) is 1. The number of carbonyl (C=O) groups excluding carboxylic acids is 2. The summed E-state index contributed by atoms with van der Waals surface area (Å²) >= 11 is 0. The van der Waals surface area contributed by atoms with Crippen molar-refractivity contribution in [2.24, 2.45) is 5.73 Å². The highest BCUT2D eigenvalue weighted by Gasteiger charge is 2.22. The predicted octanol–water partition coefficient (Wildman–Crippen LogP) is 0.784. The maximum Gasteiger partial charge on any atom is 0.318 e. The van der Waals surface area contributed by atoms with Gasteiger partial charge in [-0.15, -0.1) is 0 Å². The lowest BCUT2D eigenvalue weighted by atomic mass is 10.1. The van der Waals surface area contributed by atoms with Gasteiger partial charge in [-0.05, 0) is 17.7 Å². The number of ether oxygens (including phenoxy) is 1. The second-order valence-corrected chi connectivity index (χ2v) is 4.87. The fourth-order valence-electron chi connectivity index (χ4n) is 2.24. The summed E-state index contributed by atoms with van der Waals surface area (Å²) in [6, 6.07) is 5.36. The molecule has 7 heteroatoms. The molecule has 6 nitrogen and oxygen atoms in total. The molecule has 1 aliphatic heterocycles. The molecule has 0 unspecified atom stereocenters. The second-order valence-electron chi connectivity index (χ2n) is 4.87. The molecule has 0 radical (unpaired) electrons. The maximum absolute atomic E-state index is 12.9. The Morgan fingerprint density at radius 3 is 2.76 bits per heavy atom. The Hall–Kier alpha value is -1.99. The highest BCUT2D eigenvalue weighted by Crippen LogP contribution is 2.22. The summed E-state index contributed by atoms with van der Waals surface area (Å²) in [5, 5.41) is 2.03. The van der Waals surface area contributed by atoms with Gasteiger partial charge in [-0.2, -0.15) is 0 Å². The number of urea groups is 1. The summed E-state index contributed by atoms with van der Waals surface area (Å²) < 4.78 is 18.6. The molecule has 21 heavy (non-hydrogen) atoms. The number of halogens is 1. The molecule has 3 amide bonds. The molecule has 114 valence electrons. The van der Waals surface area contributed by atoms with Crippen molar-refractivity contribution in [2.45, 2.75) is 12.5 Å². The normalized spacial score (nSPS) is 19.2. The largest absolute Gasteiger partial charge is 0.371 e. The Labute approximate surface area is 122 Å². The lowest BCUT2D eigenvalue weighted by Crippen LogP contribution is -2.41. The fourth-order valence-corrected chi connectivity index (χ4v) is 2.24. The van der Waals surface area contributed by atoms with Crippen molar-refractivity contribution in [3.05, 3.63) is 35.6 Å². The van der Waals surface area contributed by atoms with Crippen LogP contribution in [-0.2, 0) is 9.53 Å². The Morgan fingerprint density at radius 2 is 2.10 bits per heavy atom. The third kappa shape index (κ3) is 4.80. The number of hydrogen-bond acceptors (Lipinski definition) is 4. The Kier molecular flexibility index (Phi) is 5.24. The zero-order valence-corrected chi connectivity index (χ0v) is 11.5. The zero-order valence-electron chi connectivity index (χ0n) is 11.5. The monoisotopic (exact) mass is 295 g/mol. The molecule has 1 aromatic carbocycles. The maximum atomic E-state index is 12.9. The Morgan fingerprint density at radius 1 is 1.38 bits per heavy atom. The highest BCUT2D eigenvalue weighted by atomic mass is 19.1. The first-order chi connectivity index (χ1) is 10.0. The standard InChI is InChI=1S/C14H18FN3O3/c15-11-3-1-10(2-4-11)12-9-18(7-8-21-12)6-5-13(19)17-14(16)20/h1-4,12H,5-9H2,(H3,16,17,19,20)/t12-/m1/s1. The molecule has 0 aliphatic carbocycles. The van der Waals surface area contributed by atoms with Gasteiger partial charge in [0.25, 0.3) is 0 Å². The number of benzene rings is 1. The number of amides is 3. The van der Waals surface area contributed by atoms with Crippen molar-refractivity contribution in [3.8, 4) is 0 Å². The van der Waals surface area contributed by atoms with Gasteiger partial charge in [-0.1, -0.05) is 12.1 Å². The van der Waals surface area contributed by atoms with E-state index in [0.717, 1.165) is 5.56 Å². The van der Waals surface area contributed by atoms with Gasteiger partial charge in [0.05, 0.1) is 12.7 Å². The predicted molar refractivity (Wildman–Crippen MR) is 73.9 cm³/mol. The summed E-state index contributed by atoms with van der Waals surface area (Å²) in [7, 11) is 0. The number of primary amides is 1. The first-order valence-electron chi connectivity index (χ1n) is 6.73. The van der Waals surface area contributed by atoms with Crippen molar-refractivity contribution in [1.29, 1.82) is 0 Å². The van der Waals surface area contributed by atoms with E-state index < -0.39 is 11.9 Å². The number of carbonyl (C=O) groups is 2. The number of morpholine rings is 1. The van der Waals surface area contributed by atoms with Crippen LogP contribution in [0.2, 0.25) is 0 Å². The average Bonchev–Trinajstić information content (AvgIpc) is 2.45. The van der Waals surface area contributed by atoms with Gasteiger partial charge in [0.15, 0.2) is 0 Å². The van der Waals surface area contributed by atoms with E-state index in [-0.39, 0.29) is 18.3 Å². The second kappa shape index (κ2) is 7.14. The minimum Gasteiger partial charge on any atom is -0.371 e. The van der Waals surface area contributed by atoms with Crippen LogP contribution < -0.4 is 11.1 Å². The van der Waals surface area contributed by atoms with Crippen LogP contribution >= 0.6 is 0 Å². The molecular formula is C14H18FN3O3. The van der Waals surface area contributed by atoms with Crippen molar-refractivity contribution in [2.75, 3.05) is 26.2 Å². The number of nitrogens with two attached hydrogens (primary N) is 1. The summed E-state index contributed by atoms with van der Waals surface area (Å²) in [5.74, 6) is -0.679. The minimum absolute atomic E-state index is 0.140. The fraction of sp³-hybridized carbons (Fsp3) is 0.429. The first-order valence-corrected chi connectivity index (χ1v) is 6.73. The third-order valence-corrected chi connectivity index (χ3v) is 3.31. The van der Waals surface area contributed by atoms with Gasteiger partial charge in [-0.3, -0.25) is 15.0 Å². The number of imide groups is 1. The zero-order chi connectivity index (χ0) is 15.2. The number of nitrogens with zero attached hydrogens (tertiary/aromatic N) is 1. The third-order valence-electron chi connectivity index (χ3n) is 3.31. The van der Waals surface area contributed by atoms with Gasteiger partial charge in [0, 0.05) is 26.1 Å². The molecule has 1 atom stereocenters. The van der Waals surface area contributed by atoms with Gasteiger partial charge < -0.3 is 10.5 Å². The van der Waals surface area contributed by atoms with Crippen molar-refractivity contribution in [3.63, 3.8) is 0 Å². The molecule has 3 N–H and O–H groups in total. The van der Waals surface area contributed by atoms with Crippen LogP contribution in [0, 0.1) is 5.82 Å². The smallest absolute Gasteiger partial charge is 0.318 e. The van der Waals surface area contributed by atoms with Crippen LogP contribution in [0.3, 0.4) is 0 Å². The van der Waals surface area contributed by atoms with Crippen LogP contribution in [0.5, 0.6) is 0 Å². The van der Waals surface area contributed by atoms with E-state index in [1.54, 1.807) is 12.1 Å². The lowest BCUT2D eigenvalue weighted by molar-refractivity contribution is -0.120. The molecule has 0 bridgehead atoms. The molecule has 0 aromatic heterocycles. The molecule has 1 aliphatic rings. The number of hydrogen-bond donors (Lipinski definition) is 2. The number of rotatable bonds is 4. The Balaban J connectivity index is 1.84. The van der Waals surface area contributed by atoms with Crippen LogP contribution in [0.15, 0.2) is 24.3 Å².